The normalized spacial score (nSPS) is 12.9. The summed E-state index contributed by atoms with van der Waals surface area (Å²) in [5.41, 5.74) is 3.52. The molecule has 3 rings (SSSR count). The third-order valence-corrected chi connectivity index (χ3v) is 4.85. The maximum absolute atomic E-state index is 12.2. The molecule has 0 radical (unpaired) electrons. The van der Waals surface area contributed by atoms with Gasteiger partial charge in [0.25, 0.3) is 0 Å². The van der Waals surface area contributed by atoms with Gasteiger partial charge in [-0.05, 0) is 56.0 Å². The lowest BCUT2D eigenvalue weighted by molar-refractivity contribution is -0.117. The van der Waals surface area contributed by atoms with Crippen molar-refractivity contribution in [3.8, 4) is 0 Å². The molecule has 3 N–H and O–H groups in total. The van der Waals surface area contributed by atoms with Gasteiger partial charge in [-0.1, -0.05) is 24.3 Å². The Hall–Kier alpha value is -3.02. The second-order valence-corrected chi connectivity index (χ2v) is 7.28. The molecule has 3 amide bonds. The summed E-state index contributed by atoms with van der Waals surface area (Å²) in [5, 5.41) is 8.67. The molecule has 148 valence electrons. The molecule has 0 unspecified atom stereocenters. The first-order valence-corrected chi connectivity index (χ1v) is 9.75. The van der Waals surface area contributed by atoms with Crippen LogP contribution in [0.3, 0.4) is 0 Å². The van der Waals surface area contributed by atoms with Crippen molar-refractivity contribution in [2.45, 2.75) is 26.2 Å². The highest BCUT2D eigenvalue weighted by molar-refractivity contribution is 5.96. The molecule has 1 saturated carbocycles. The molecule has 2 aromatic carbocycles. The minimum absolute atomic E-state index is 0.0572. The SMILES string of the molecule is Cc1ccc(NC(=O)C2CC2)cc1NC(=O)NCCCN(C)c1ccccc1. The molecule has 28 heavy (non-hydrogen) atoms. The molecule has 2 aromatic rings. The van der Waals surface area contributed by atoms with Crippen LogP contribution in [0.2, 0.25) is 0 Å². The van der Waals surface area contributed by atoms with Crippen LogP contribution in [-0.4, -0.2) is 32.1 Å². The Morgan fingerprint density at radius 3 is 2.54 bits per heavy atom. The molecule has 6 nitrogen and oxygen atoms in total. The number of urea groups is 1. The van der Waals surface area contributed by atoms with Gasteiger partial charge in [-0.3, -0.25) is 4.79 Å². The fourth-order valence-corrected chi connectivity index (χ4v) is 2.92. The van der Waals surface area contributed by atoms with Crippen molar-refractivity contribution in [1.82, 2.24) is 5.32 Å². The van der Waals surface area contributed by atoms with Crippen molar-refractivity contribution in [2.75, 3.05) is 35.7 Å². The number of carbonyl (C=O) groups excluding carboxylic acids is 2. The van der Waals surface area contributed by atoms with Crippen LogP contribution in [0.5, 0.6) is 0 Å². The van der Waals surface area contributed by atoms with Gasteiger partial charge in [0.2, 0.25) is 5.91 Å². The lowest BCUT2D eigenvalue weighted by atomic mass is 10.1. The van der Waals surface area contributed by atoms with Gasteiger partial charge < -0.3 is 20.9 Å². The first-order valence-electron chi connectivity index (χ1n) is 9.75. The van der Waals surface area contributed by atoms with E-state index >= 15 is 0 Å². The number of rotatable bonds is 8. The van der Waals surface area contributed by atoms with Gasteiger partial charge in [0.1, 0.15) is 0 Å². The van der Waals surface area contributed by atoms with Crippen molar-refractivity contribution in [3.05, 3.63) is 54.1 Å². The average Bonchev–Trinajstić information content (AvgIpc) is 3.54. The Morgan fingerprint density at radius 1 is 1.07 bits per heavy atom. The van der Waals surface area contributed by atoms with Gasteiger partial charge in [0.05, 0.1) is 0 Å². The molecular formula is C22H28N4O2. The highest BCUT2D eigenvalue weighted by Gasteiger charge is 2.29. The second-order valence-electron chi connectivity index (χ2n) is 7.28. The summed E-state index contributed by atoms with van der Waals surface area (Å²) in [6.07, 6.45) is 2.77. The lowest BCUT2D eigenvalue weighted by Crippen LogP contribution is -2.31. The minimum Gasteiger partial charge on any atom is -0.375 e. The van der Waals surface area contributed by atoms with Crippen molar-refractivity contribution in [1.29, 1.82) is 0 Å². The average molecular weight is 380 g/mol. The number of nitrogens with one attached hydrogen (secondary N) is 3. The van der Waals surface area contributed by atoms with E-state index in [-0.39, 0.29) is 17.9 Å². The van der Waals surface area contributed by atoms with Crippen LogP contribution in [-0.2, 0) is 4.79 Å². The topological polar surface area (TPSA) is 73.5 Å². The number of nitrogens with zero attached hydrogens (tertiary/aromatic N) is 1. The first-order chi connectivity index (χ1) is 13.5. The summed E-state index contributed by atoms with van der Waals surface area (Å²) >= 11 is 0. The van der Waals surface area contributed by atoms with Gasteiger partial charge in [-0.25, -0.2) is 4.79 Å². The summed E-state index contributed by atoms with van der Waals surface area (Å²) in [6.45, 7) is 3.36. The summed E-state index contributed by atoms with van der Waals surface area (Å²) < 4.78 is 0. The maximum Gasteiger partial charge on any atom is 0.319 e. The summed E-state index contributed by atoms with van der Waals surface area (Å²) in [5.74, 6) is 0.205. The number of carbonyl (C=O) groups is 2. The quantitative estimate of drug-likeness (QED) is 0.606. The number of anilines is 3. The zero-order chi connectivity index (χ0) is 19.9. The van der Waals surface area contributed by atoms with Gasteiger partial charge in [0.15, 0.2) is 0 Å². The van der Waals surface area contributed by atoms with E-state index in [1.165, 1.54) is 0 Å². The van der Waals surface area contributed by atoms with Crippen LogP contribution < -0.4 is 20.9 Å². The molecule has 1 fully saturated rings. The molecule has 1 aliphatic rings. The molecular weight excluding hydrogens is 352 g/mol. The highest BCUT2D eigenvalue weighted by atomic mass is 16.2. The number of hydrogen-bond acceptors (Lipinski definition) is 3. The van der Waals surface area contributed by atoms with Gasteiger partial charge in [-0.2, -0.15) is 0 Å². The number of hydrogen-bond donors (Lipinski definition) is 3. The van der Waals surface area contributed by atoms with Crippen molar-refractivity contribution in [2.24, 2.45) is 5.92 Å². The van der Waals surface area contributed by atoms with Gasteiger partial charge in [0, 0.05) is 43.1 Å². The molecule has 6 heteroatoms. The Balaban J connectivity index is 1.43. The van der Waals surface area contributed by atoms with E-state index < -0.39 is 0 Å². The zero-order valence-corrected chi connectivity index (χ0v) is 16.5. The van der Waals surface area contributed by atoms with E-state index in [0.29, 0.717) is 17.9 Å². The van der Waals surface area contributed by atoms with Crippen LogP contribution >= 0.6 is 0 Å². The summed E-state index contributed by atoms with van der Waals surface area (Å²) in [7, 11) is 2.04. The number of aryl methyl sites for hydroxylation is 1. The predicted molar refractivity (Wildman–Crippen MR) is 114 cm³/mol. The van der Waals surface area contributed by atoms with Gasteiger partial charge in [-0.15, -0.1) is 0 Å². The highest BCUT2D eigenvalue weighted by Crippen LogP contribution is 2.30. The molecule has 0 spiro atoms. The Labute approximate surface area is 166 Å². The number of benzene rings is 2. The van der Waals surface area contributed by atoms with Gasteiger partial charge >= 0.3 is 6.03 Å². The molecule has 0 bridgehead atoms. The maximum atomic E-state index is 12.2. The van der Waals surface area contributed by atoms with Crippen LogP contribution in [0.1, 0.15) is 24.8 Å². The van der Waals surface area contributed by atoms with Crippen LogP contribution in [0, 0.1) is 12.8 Å². The van der Waals surface area contributed by atoms with Crippen LogP contribution in [0.25, 0.3) is 0 Å². The third-order valence-electron chi connectivity index (χ3n) is 4.85. The van der Waals surface area contributed by atoms with E-state index in [1.807, 2.05) is 44.3 Å². The van der Waals surface area contributed by atoms with E-state index in [1.54, 1.807) is 6.07 Å². The van der Waals surface area contributed by atoms with E-state index in [4.69, 9.17) is 0 Å². The minimum atomic E-state index is -0.240. The lowest BCUT2D eigenvalue weighted by Gasteiger charge is -2.19. The zero-order valence-electron chi connectivity index (χ0n) is 16.5. The molecule has 0 aromatic heterocycles. The summed E-state index contributed by atoms with van der Waals surface area (Å²) in [4.78, 5) is 26.3. The standard InChI is InChI=1S/C22H28N4O2/c1-16-9-12-18(24-21(27)17-10-11-17)15-20(16)25-22(28)23-13-6-14-26(2)19-7-4-3-5-8-19/h3-5,7-9,12,15,17H,6,10-11,13-14H2,1-2H3,(H,24,27)(H2,23,25,28). The van der Waals surface area contributed by atoms with Crippen molar-refractivity contribution in [3.63, 3.8) is 0 Å². The number of para-hydroxylation sites is 1. The Morgan fingerprint density at radius 2 is 1.82 bits per heavy atom. The number of amides is 3. The molecule has 0 saturated heterocycles. The molecule has 0 aliphatic heterocycles. The van der Waals surface area contributed by atoms with Crippen LogP contribution in [0.15, 0.2) is 48.5 Å². The van der Waals surface area contributed by atoms with E-state index in [2.05, 4.69) is 33.0 Å². The van der Waals surface area contributed by atoms with Crippen LogP contribution in [0.4, 0.5) is 21.9 Å². The van der Waals surface area contributed by atoms with Crippen molar-refractivity contribution < 1.29 is 9.59 Å². The largest absolute Gasteiger partial charge is 0.375 e. The molecule has 1 aliphatic carbocycles. The fourth-order valence-electron chi connectivity index (χ4n) is 2.92. The fraction of sp³-hybridized carbons (Fsp3) is 0.364. The second kappa shape index (κ2) is 9.26. The Bertz CT molecular complexity index is 819. The van der Waals surface area contributed by atoms with Crippen molar-refractivity contribution >= 4 is 29.0 Å². The molecule has 0 heterocycles. The monoisotopic (exact) mass is 380 g/mol. The Kier molecular flexibility index (Phi) is 6.53. The molecule has 0 atom stereocenters. The smallest absolute Gasteiger partial charge is 0.319 e. The predicted octanol–water partition coefficient (Wildman–Crippen LogP) is 3.99. The van der Waals surface area contributed by atoms with E-state index in [9.17, 15) is 9.59 Å². The first kappa shape index (κ1) is 19.7. The van der Waals surface area contributed by atoms with E-state index in [0.717, 1.165) is 37.1 Å². The third kappa shape index (κ3) is 5.74. The summed E-state index contributed by atoms with van der Waals surface area (Å²) in [6, 6.07) is 15.5.